The number of benzene rings is 7. The first-order valence-electron chi connectivity index (χ1n) is 26.6. The summed E-state index contributed by atoms with van der Waals surface area (Å²) in [5, 5.41) is 29.6. The molecule has 13 heteroatoms. The SMILES string of the molecule is CC(=O)O.Cc1c(-c2ccc(O)cc2)n(Cc2ccc(OCCN3CCCCCC3)cc2)c2ccc(O)cc12.Cc1ccc(-c2c(C)c3cc(C)ccc3n2Cc2ccc(OCCOS(=O)(=O)c3ccc(C)cc3)cc2)cc1. The number of hydrogen-bond donors (Lipinski definition) is 3. The summed E-state index contributed by atoms with van der Waals surface area (Å²) >= 11 is 0. The van der Waals surface area contributed by atoms with Crippen molar-refractivity contribution < 1.29 is 42.2 Å². The van der Waals surface area contributed by atoms with Gasteiger partial charge in [-0.1, -0.05) is 96.3 Å². The third-order valence-corrected chi connectivity index (χ3v) is 15.4. The highest BCUT2D eigenvalue weighted by molar-refractivity contribution is 7.86. The van der Waals surface area contributed by atoms with Gasteiger partial charge < -0.3 is 33.9 Å². The summed E-state index contributed by atoms with van der Waals surface area (Å²) in [6.07, 6.45) is 5.30. The summed E-state index contributed by atoms with van der Waals surface area (Å²) in [6.45, 7) is 17.1. The van der Waals surface area contributed by atoms with Crippen LogP contribution >= 0.6 is 0 Å². The van der Waals surface area contributed by atoms with Gasteiger partial charge in [-0.05, 0) is 185 Å². The van der Waals surface area contributed by atoms with Gasteiger partial charge in [0.15, 0.2) is 0 Å². The minimum atomic E-state index is -3.80. The van der Waals surface area contributed by atoms with Gasteiger partial charge in [0.25, 0.3) is 16.1 Å². The smallest absolute Gasteiger partial charge is 0.300 e. The summed E-state index contributed by atoms with van der Waals surface area (Å²) in [4.78, 5) is 11.7. The average Bonchev–Trinajstić information content (AvgIpc) is 3.68. The fraction of sp³-hybridized carbons (Fsp3) is 0.277. The van der Waals surface area contributed by atoms with Crippen LogP contribution in [0.4, 0.5) is 0 Å². The van der Waals surface area contributed by atoms with E-state index in [1.54, 1.807) is 42.5 Å². The van der Waals surface area contributed by atoms with Crippen molar-refractivity contribution >= 4 is 37.9 Å². The van der Waals surface area contributed by atoms with Crippen molar-refractivity contribution in [3.8, 4) is 45.5 Å². The van der Waals surface area contributed by atoms with Crippen molar-refractivity contribution in [2.24, 2.45) is 0 Å². The molecule has 7 aromatic carbocycles. The minimum Gasteiger partial charge on any atom is -0.508 e. The summed E-state index contributed by atoms with van der Waals surface area (Å²) in [7, 11) is -3.80. The van der Waals surface area contributed by atoms with Crippen molar-refractivity contribution in [1.29, 1.82) is 0 Å². The molecule has 0 aliphatic carbocycles. The Kier molecular flexibility index (Phi) is 18.8. The van der Waals surface area contributed by atoms with E-state index in [9.17, 15) is 18.6 Å². The molecule has 0 saturated carbocycles. The maximum atomic E-state index is 12.4. The Hall–Kier alpha value is -7.84. The lowest BCUT2D eigenvalue weighted by atomic mass is 10.0. The Bertz CT molecular complexity index is 3540. The topological polar surface area (TPSA) is 153 Å². The standard InChI is InChI=1S/C33H33NO4S.C30H34N2O3.C2H4O2/c1-23-5-12-28(13-6-23)33-26(4)31-21-25(3)9-18-32(31)34(33)22-27-10-14-29(15-11-27)37-19-20-38-39(35,36)30-16-7-24(2)8-17-30;1-22-28-20-26(34)12-15-29(28)32(30(22)24-8-10-25(33)11-9-24)21-23-6-13-27(14-7-23)35-19-18-31-16-4-2-3-5-17-31;1-2(3)4/h5-18,21H,19-20,22H2,1-4H3;6-15,20,33-34H,2-5,16-19,21H2,1H3;1H3,(H,3,4). The maximum Gasteiger partial charge on any atom is 0.300 e. The van der Waals surface area contributed by atoms with E-state index in [4.69, 9.17) is 23.6 Å². The summed E-state index contributed by atoms with van der Waals surface area (Å²) in [6, 6.07) is 51.1. The van der Waals surface area contributed by atoms with Gasteiger partial charge in [-0.3, -0.25) is 13.9 Å². The van der Waals surface area contributed by atoms with E-state index in [1.807, 2.05) is 55.5 Å². The second kappa shape index (κ2) is 26.0. The fourth-order valence-corrected chi connectivity index (χ4v) is 10.9. The number of ether oxygens (including phenoxy) is 2. The van der Waals surface area contributed by atoms with Crippen LogP contribution in [0.2, 0.25) is 0 Å². The molecule has 1 fully saturated rings. The number of carboxylic acids is 1. The Labute approximate surface area is 458 Å². The van der Waals surface area contributed by atoms with Gasteiger partial charge in [0.1, 0.15) is 42.8 Å². The van der Waals surface area contributed by atoms with Gasteiger partial charge in [-0.2, -0.15) is 8.42 Å². The number of likely N-dealkylation sites (tertiary alicyclic amines) is 1. The summed E-state index contributed by atoms with van der Waals surface area (Å²) in [5.41, 5.74) is 15.0. The van der Waals surface area contributed by atoms with E-state index in [0.717, 1.165) is 71.2 Å². The van der Waals surface area contributed by atoms with E-state index in [1.165, 1.54) is 83.2 Å². The first kappa shape index (κ1) is 56.4. The summed E-state index contributed by atoms with van der Waals surface area (Å²) < 4.78 is 46.3. The number of phenolic OH excluding ortho intramolecular Hbond substituents is 2. The van der Waals surface area contributed by atoms with E-state index >= 15 is 0 Å². The molecule has 0 bridgehead atoms. The highest BCUT2D eigenvalue weighted by Gasteiger charge is 2.20. The number of aromatic nitrogens is 2. The van der Waals surface area contributed by atoms with Crippen LogP contribution in [0.5, 0.6) is 23.0 Å². The van der Waals surface area contributed by atoms with Gasteiger partial charge in [0, 0.05) is 48.4 Å². The molecule has 1 aliphatic rings. The number of fused-ring (bicyclic) bond motifs is 2. The average molecular weight is 1070 g/mol. The highest BCUT2D eigenvalue weighted by Crippen LogP contribution is 2.37. The lowest BCUT2D eigenvalue weighted by Gasteiger charge is -2.19. The Morgan fingerprint density at radius 2 is 0.949 bits per heavy atom. The summed E-state index contributed by atoms with van der Waals surface area (Å²) in [5.74, 6) is 1.24. The van der Waals surface area contributed by atoms with Crippen molar-refractivity contribution in [3.63, 3.8) is 0 Å². The van der Waals surface area contributed by atoms with Crippen LogP contribution in [-0.4, -0.2) is 83.2 Å². The van der Waals surface area contributed by atoms with Crippen molar-refractivity contribution in [3.05, 3.63) is 197 Å². The molecule has 0 amide bonds. The van der Waals surface area contributed by atoms with Gasteiger partial charge in [0.05, 0.1) is 16.3 Å². The maximum absolute atomic E-state index is 12.4. The second-order valence-electron chi connectivity index (χ2n) is 20.1. The van der Waals surface area contributed by atoms with Gasteiger partial charge in [-0.25, -0.2) is 0 Å². The van der Waals surface area contributed by atoms with Crippen LogP contribution in [0.15, 0.2) is 163 Å². The number of nitrogens with zero attached hydrogens (tertiary/aromatic N) is 3. The third-order valence-electron chi connectivity index (χ3n) is 14.0. The minimum absolute atomic E-state index is 0.0636. The molecule has 0 atom stereocenters. The number of rotatable bonds is 16. The van der Waals surface area contributed by atoms with E-state index in [0.29, 0.717) is 12.3 Å². The lowest BCUT2D eigenvalue weighted by molar-refractivity contribution is -0.134. The molecule has 0 unspecified atom stereocenters. The number of carboxylic acid groups (broad SMARTS) is 1. The first-order chi connectivity index (χ1) is 37.5. The monoisotopic (exact) mass is 1070 g/mol. The van der Waals surface area contributed by atoms with Gasteiger partial charge >= 0.3 is 0 Å². The largest absolute Gasteiger partial charge is 0.508 e. The van der Waals surface area contributed by atoms with E-state index in [2.05, 4.69) is 108 Å². The fourth-order valence-electron chi connectivity index (χ4n) is 10.0. The first-order valence-corrected chi connectivity index (χ1v) is 28.0. The normalized spacial score (nSPS) is 12.8. The number of aromatic hydroxyl groups is 2. The number of aliphatic carboxylic acids is 1. The Morgan fingerprint density at radius 1 is 0.513 bits per heavy atom. The van der Waals surface area contributed by atoms with Crippen LogP contribution in [0.1, 0.15) is 71.6 Å². The molecule has 3 heterocycles. The molecule has 78 heavy (non-hydrogen) atoms. The Morgan fingerprint density at radius 3 is 1.47 bits per heavy atom. The van der Waals surface area contributed by atoms with E-state index in [-0.39, 0.29) is 29.6 Å². The van der Waals surface area contributed by atoms with Crippen LogP contribution in [0.3, 0.4) is 0 Å². The predicted octanol–water partition coefficient (Wildman–Crippen LogP) is 13.8. The third kappa shape index (κ3) is 14.6. The molecule has 12 nitrogen and oxygen atoms in total. The van der Waals surface area contributed by atoms with Crippen LogP contribution in [0.25, 0.3) is 44.3 Å². The molecule has 9 aromatic rings. The highest BCUT2D eigenvalue weighted by atomic mass is 32.2. The number of aryl methyl sites for hydroxylation is 5. The molecule has 406 valence electrons. The zero-order valence-corrected chi connectivity index (χ0v) is 46.4. The molecule has 3 N–H and O–H groups in total. The van der Waals surface area contributed by atoms with Gasteiger partial charge in [-0.15, -0.1) is 0 Å². The molecule has 10 rings (SSSR count). The second-order valence-corrected chi connectivity index (χ2v) is 21.7. The van der Waals surface area contributed by atoms with Crippen LogP contribution in [-0.2, 0) is 32.2 Å². The lowest BCUT2D eigenvalue weighted by Crippen LogP contribution is -2.29. The predicted molar refractivity (Wildman–Crippen MR) is 312 cm³/mol. The number of carbonyl (C=O) groups is 1. The molecule has 1 saturated heterocycles. The van der Waals surface area contributed by atoms with Gasteiger partial charge in [0.2, 0.25) is 0 Å². The zero-order valence-electron chi connectivity index (χ0n) is 45.5. The van der Waals surface area contributed by atoms with Crippen molar-refractivity contribution in [2.75, 3.05) is 39.5 Å². The molecular weight excluding hydrogens is 999 g/mol. The van der Waals surface area contributed by atoms with E-state index < -0.39 is 16.1 Å². The van der Waals surface area contributed by atoms with Crippen molar-refractivity contribution in [1.82, 2.24) is 14.0 Å². The Balaban J connectivity index is 0.000000194. The zero-order chi connectivity index (χ0) is 55.3. The van der Waals surface area contributed by atoms with Crippen LogP contribution in [0, 0.1) is 34.6 Å². The molecule has 2 aromatic heterocycles. The quantitative estimate of drug-likeness (QED) is 0.0630. The molecule has 0 radical (unpaired) electrons. The number of hydrogen-bond acceptors (Lipinski definition) is 9. The molecule has 1 aliphatic heterocycles. The molecular formula is C65H71N3O9S. The number of phenols is 2. The van der Waals surface area contributed by atoms with Crippen molar-refractivity contribution in [2.45, 2.75) is 85.2 Å². The molecule has 0 spiro atoms. The van der Waals surface area contributed by atoms with Crippen LogP contribution < -0.4 is 9.47 Å².